The molecular weight excluding hydrogens is 395 g/mol. The van der Waals surface area contributed by atoms with Crippen LogP contribution in [0.4, 0.5) is 15.8 Å². The van der Waals surface area contributed by atoms with Crippen LogP contribution in [0.1, 0.15) is 10.4 Å². The van der Waals surface area contributed by atoms with E-state index in [9.17, 15) is 14.0 Å². The minimum Gasteiger partial charge on any atom is -0.484 e. The Labute approximate surface area is 178 Å². The molecule has 154 valence electrons. The maximum absolute atomic E-state index is 13.0. The molecule has 5 nitrogen and oxygen atoms in total. The number of fused-ring (bicyclic) bond motifs is 1. The maximum Gasteiger partial charge on any atom is 0.262 e. The second kappa shape index (κ2) is 9.09. The molecule has 2 amide bonds. The van der Waals surface area contributed by atoms with Crippen LogP contribution in [0.5, 0.6) is 5.75 Å². The van der Waals surface area contributed by atoms with E-state index in [1.54, 1.807) is 24.3 Å². The molecule has 2 N–H and O–H groups in total. The minimum atomic E-state index is -0.373. The Morgan fingerprint density at radius 3 is 2.13 bits per heavy atom. The lowest BCUT2D eigenvalue weighted by molar-refractivity contribution is -0.118. The van der Waals surface area contributed by atoms with Crippen LogP contribution in [0.3, 0.4) is 0 Å². The molecule has 0 saturated carbocycles. The smallest absolute Gasteiger partial charge is 0.262 e. The molecule has 0 unspecified atom stereocenters. The van der Waals surface area contributed by atoms with Crippen molar-refractivity contribution in [3.8, 4) is 5.75 Å². The van der Waals surface area contributed by atoms with Gasteiger partial charge in [-0.1, -0.05) is 30.3 Å². The van der Waals surface area contributed by atoms with Crippen LogP contribution < -0.4 is 15.4 Å². The van der Waals surface area contributed by atoms with Crippen molar-refractivity contribution in [2.24, 2.45) is 0 Å². The van der Waals surface area contributed by atoms with Crippen LogP contribution in [0.25, 0.3) is 10.8 Å². The summed E-state index contributed by atoms with van der Waals surface area (Å²) in [5.74, 6) is -0.398. The van der Waals surface area contributed by atoms with Gasteiger partial charge in [-0.05, 0) is 71.4 Å². The van der Waals surface area contributed by atoms with Gasteiger partial charge in [0.05, 0.1) is 0 Å². The zero-order valence-electron chi connectivity index (χ0n) is 16.5. The lowest BCUT2D eigenvalue weighted by Crippen LogP contribution is -2.20. The molecule has 0 heterocycles. The van der Waals surface area contributed by atoms with E-state index in [-0.39, 0.29) is 24.2 Å². The number of halogens is 1. The number of hydrogen-bond donors (Lipinski definition) is 2. The van der Waals surface area contributed by atoms with E-state index in [1.165, 1.54) is 24.3 Å². The van der Waals surface area contributed by atoms with Gasteiger partial charge in [0.25, 0.3) is 11.8 Å². The highest BCUT2D eigenvalue weighted by Crippen LogP contribution is 2.20. The summed E-state index contributed by atoms with van der Waals surface area (Å²) in [6.45, 7) is -0.134. The van der Waals surface area contributed by atoms with Crippen LogP contribution in [0.2, 0.25) is 0 Å². The number of nitrogens with one attached hydrogen (secondary N) is 2. The lowest BCUT2D eigenvalue weighted by atomic mass is 10.1. The van der Waals surface area contributed by atoms with E-state index in [0.29, 0.717) is 22.7 Å². The Morgan fingerprint density at radius 1 is 0.742 bits per heavy atom. The molecule has 6 heteroatoms. The average Bonchev–Trinajstić information content (AvgIpc) is 2.79. The largest absolute Gasteiger partial charge is 0.484 e. The number of carbonyl (C=O) groups excluding carboxylic acids is 2. The molecule has 4 rings (SSSR count). The van der Waals surface area contributed by atoms with Gasteiger partial charge in [0.15, 0.2) is 6.61 Å². The van der Waals surface area contributed by atoms with Crippen molar-refractivity contribution in [1.82, 2.24) is 0 Å². The lowest BCUT2D eigenvalue weighted by Gasteiger charge is -2.09. The summed E-state index contributed by atoms with van der Waals surface area (Å²) in [6.07, 6.45) is 0. The predicted octanol–water partition coefficient (Wildman–Crippen LogP) is 5.25. The molecule has 4 aromatic rings. The van der Waals surface area contributed by atoms with Crippen molar-refractivity contribution in [2.75, 3.05) is 17.2 Å². The van der Waals surface area contributed by atoms with E-state index < -0.39 is 0 Å². The third-order valence-corrected chi connectivity index (χ3v) is 4.62. The average molecular weight is 414 g/mol. The van der Waals surface area contributed by atoms with Gasteiger partial charge in [-0.3, -0.25) is 9.59 Å². The first-order chi connectivity index (χ1) is 15.1. The predicted molar refractivity (Wildman–Crippen MR) is 119 cm³/mol. The molecular formula is C25H19FN2O3. The Balaban J connectivity index is 1.30. The summed E-state index contributed by atoms with van der Waals surface area (Å²) in [5.41, 5.74) is 1.45. The van der Waals surface area contributed by atoms with Crippen LogP contribution in [-0.4, -0.2) is 18.4 Å². The van der Waals surface area contributed by atoms with Gasteiger partial charge in [-0.25, -0.2) is 4.39 Å². The number of hydrogen-bond acceptors (Lipinski definition) is 3. The minimum absolute atomic E-state index is 0.134. The second-order valence-electron chi connectivity index (χ2n) is 6.88. The van der Waals surface area contributed by atoms with Crippen molar-refractivity contribution in [3.63, 3.8) is 0 Å². The topological polar surface area (TPSA) is 67.4 Å². The molecule has 0 saturated heterocycles. The molecule has 0 aromatic heterocycles. The molecule has 0 aliphatic rings. The molecule has 0 aliphatic heterocycles. The fraction of sp³-hybridized carbons (Fsp3) is 0.0400. The number of carbonyl (C=O) groups is 2. The highest BCUT2D eigenvalue weighted by molar-refractivity contribution is 6.04. The quantitative estimate of drug-likeness (QED) is 0.453. The number of amides is 2. The standard InChI is InChI=1S/C25H19FN2O3/c26-20-8-12-22(13-9-20)28-25(30)18-5-10-21(11-6-18)27-24(29)16-31-23-14-7-17-3-1-2-4-19(17)15-23/h1-15H,16H2,(H,27,29)(H,28,30). The van der Waals surface area contributed by atoms with Crippen molar-refractivity contribution in [3.05, 3.63) is 102 Å². The third-order valence-electron chi connectivity index (χ3n) is 4.62. The monoisotopic (exact) mass is 414 g/mol. The van der Waals surface area contributed by atoms with Crippen LogP contribution in [-0.2, 0) is 4.79 Å². The summed E-state index contributed by atoms with van der Waals surface area (Å²) >= 11 is 0. The zero-order chi connectivity index (χ0) is 21.6. The fourth-order valence-electron chi connectivity index (χ4n) is 3.04. The van der Waals surface area contributed by atoms with Gasteiger partial charge >= 0.3 is 0 Å². The number of rotatable bonds is 6. The first kappa shape index (κ1) is 20.1. The summed E-state index contributed by atoms with van der Waals surface area (Å²) in [7, 11) is 0. The van der Waals surface area contributed by atoms with E-state index in [2.05, 4.69) is 10.6 Å². The van der Waals surface area contributed by atoms with Crippen LogP contribution in [0, 0.1) is 5.82 Å². The molecule has 0 aliphatic carbocycles. The van der Waals surface area contributed by atoms with Gasteiger partial charge in [0.1, 0.15) is 11.6 Å². The van der Waals surface area contributed by atoms with Crippen molar-refractivity contribution < 1.29 is 18.7 Å². The second-order valence-corrected chi connectivity index (χ2v) is 6.88. The Bertz CT molecular complexity index is 1220. The molecule has 4 aromatic carbocycles. The van der Waals surface area contributed by atoms with Gasteiger partial charge in [0.2, 0.25) is 0 Å². The Kier molecular flexibility index (Phi) is 5.89. The highest BCUT2D eigenvalue weighted by atomic mass is 19.1. The third kappa shape index (κ3) is 5.25. The first-order valence-corrected chi connectivity index (χ1v) is 9.65. The number of benzene rings is 4. The van der Waals surface area contributed by atoms with E-state index in [1.807, 2.05) is 42.5 Å². The molecule has 0 bridgehead atoms. The Morgan fingerprint density at radius 2 is 1.39 bits per heavy atom. The Hall–Kier alpha value is -4.19. The van der Waals surface area contributed by atoms with Gasteiger partial charge in [0, 0.05) is 16.9 Å². The molecule has 0 spiro atoms. The summed E-state index contributed by atoms with van der Waals surface area (Å²) in [4.78, 5) is 24.5. The molecule has 0 fully saturated rings. The van der Waals surface area contributed by atoms with E-state index in [0.717, 1.165) is 10.8 Å². The maximum atomic E-state index is 13.0. The van der Waals surface area contributed by atoms with Gasteiger partial charge < -0.3 is 15.4 Å². The summed E-state index contributed by atoms with van der Waals surface area (Å²) < 4.78 is 18.5. The van der Waals surface area contributed by atoms with Crippen molar-refractivity contribution >= 4 is 34.0 Å². The normalized spacial score (nSPS) is 10.5. The highest BCUT2D eigenvalue weighted by Gasteiger charge is 2.08. The van der Waals surface area contributed by atoms with Gasteiger partial charge in [-0.15, -0.1) is 0 Å². The SMILES string of the molecule is O=C(COc1ccc2ccccc2c1)Nc1ccc(C(=O)Nc2ccc(F)cc2)cc1. The summed E-state index contributed by atoms with van der Waals surface area (Å²) in [6, 6.07) is 25.5. The molecule has 31 heavy (non-hydrogen) atoms. The summed E-state index contributed by atoms with van der Waals surface area (Å²) in [5, 5.41) is 7.55. The zero-order valence-corrected chi connectivity index (χ0v) is 16.5. The van der Waals surface area contributed by atoms with Crippen molar-refractivity contribution in [1.29, 1.82) is 0 Å². The van der Waals surface area contributed by atoms with Gasteiger partial charge in [-0.2, -0.15) is 0 Å². The number of ether oxygens (including phenoxy) is 1. The molecule has 0 radical (unpaired) electrons. The van der Waals surface area contributed by atoms with Crippen molar-refractivity contribution in [2.45, 2.75) is 0 Å². The van der Waals surface area contributed by atoms with Crippen LogP contribution in [0.15, 0.2) is 91.0 Å². The van der Waals surface area contributed by atoms with Crippen LogP contribution >= 0.6 is 0 Å². The van der Waals surface area contributed by atoms with E-state index >= 15 is 0 Å². The number of anilines is 2. The molecule has 0 atom stereocenters. The fourth-order valence-corrected chi connectivity index (χ4v) is 3.04. The van der Waals surface area contributed by atoms with E-state index in [4.69, 9.17) is 4.74 Å². The first-order valence-electron chi connectivity index (χ1n) is 9.65.